The van der Waals surface area contributed by atoms with E-state index in [0.717, 1.165) is 23.6 Å². The highest BCUT2D eigenvalue weighted by Crippen LogP contribution is 2.33. The van der Waals surface area contributed by atoms with Crippen molar-refractivity contribution in [3.05, 3.63) is 48.5 Å². The Hall–Kier alpha value is -2.74. The second kappa shape index (κ2) is 9.17. The molecule has 2 aromatic rings. The number of piperidine rings is 1. The van der Waals surface area contributed by atoms with Gasteiger partial charge in [-0.15, -0.1) is 0 Å². The molecule has 0 aromatic heterocycles. The van der Waals surface area contributed by atoms with Crippen LogP contribution in [0.5, 0.6) is 11.5 Å². The Balaban J connectivity index is 2.00. The number of rotatable bonds is 7. The minimum absolute atomic E-state index is 0.126. The van der Waals surface area contributed by atoms with E-state index in [9.17, 15) is 13.2 Å². The number of ether oxygens (including phenoxy) is 2. The summed E-state index contributed by atoms with van der Waals surface area (Å²) in [7, 11) is -0.950. The van der Waals surface area contributed by atoms with Crippen molar-refractivity contribution in [2.24, 2.45) is 0 Å². The van der Waals surface area contributed by atoms with Crippen molar-refractivity contribution < 1.29 is 22.7 Å². The van der Waals surface area contributed by atoms with Crippen LogP contribution in [0.25, 0.3) is 0 Å². The maximum absolute atomic E-state index is 13.4. The molecule has 1 aliphatic heterocycles. The second-order valence-electron chi connectivity index (χ2n) is 6.81. The van der Waals surface area contributed by atoms with E-state index < -0.39 is 10.0 Å². The van der Waals surface area contributed by atoms with Crippen molar-refractivity contribution in [3.63, 3.8) is 0 Å². The van der Waals surface area contributed by atoms with Gasteiger partial charge in [-0.1, -0.05) is 18.2 Å². The number of carbonyl (C=O) groups excluding carboxylic acids is 1. The van der Waals surface area contributed by atoms with Crippen molar-refractivity contribution >= 4 is 21.6 Å². The molecule has 0 N–H and O–H groups in total. The summed E-state index contributed by atoms with van der Waals surface area (Å²) in [5.41, 5.74) is 0.344. The fourth-order valence-corrected chi connectivity index (χ4v) is 4.81. The van der Waals surface area contributed by atoms with Gasteiger partial charge in [0.05, 0.1) is 24.8 Å². The first-order chi connectivity index (χ1) is 14.0. The van der Waals surface area contributed by atoms with Gasteiger partial charge in [-0.2, -0.15) is 0 Å². The van der Waals surface area contributed by atoms with Crippen LogP contribution in [0.15, 0.2) is 53.4 Å². The topological polar surface area (TPSA) is 76.2 Å². The largest absolute Gasteiger partial charge is 0.493 e. The van der Waals surface area contributed by atoms with E-state index in [1.165, 1.54) is 26.4 Å². The van der Waals surface area contributed by atoms with E-state index in [0.29, 0.717) is 30.3 Å². The lowest BCUT2D eigenvalue weighted by Crippen LogP contribution is -2.44. The number of methoxy groups -OCH3 is 2. The smallest absolute Gasteiger partial charge is 0.264 e. The van der Waals surface area contributed by atoms with E-state index in [1.54, 1.807) is 41.3 Å². The average molecular weight is 419 g/mol. The third-order valence-corrected chi connectivity index (χ3v) is 6.76. The van der Waals surface area contributed by atoms with Crippen LogP contribution in [0, 0.1) is 0 Å². The molecule has 0 spiro atoms. The van der Waals surface area contributed by atoms with Crippen LogP contribution in [-0.4, -0.2) is 53.1 Å². The molecule has 0 saturated carbocycles. The number of hydrogen-bond acceptors (Lipinski definition) is 5. The maximum Gasteiger partial charge on any atom is 0.264 e. The summed E-state index contributed by atoms with van der Waals surface area (Å²) in [6, 6.07) is 12.9. The quantitative estimate of drug-likeness (QED) is 0.691. The molecule has 29 heavy (non-hydrogen) atoms. The van der Waals surface area contributed by atoms with E-state index in [4.69, 9.17) is 9.47 Å². The molecule has 156 valence electrons. The molecular weight excluding hydrogens is 392 g/mol. The van der Waals surface area contributed by atoms with Gasteiger partial charge >= 0.3 is 0 Å². The number of benzene rings is 2. The normalized spacial score (nSPS) is 14.3. The Morgan fingerprint density at radius 3 is 2.24 bits per heavy atom. The molecule has 0 bridgehead atoms. The average Bonchev–Trinajstić information content (AvgIpc) is 2.77. The fraction of sp³-hybridized carbons (Fsp3) is 0.381. The van der Waals surface area contributed by atoms with Crippen LogP contribution < -0.4 is 13.8 Å². The van der Waals surface area contributed by atoms with E-state index >= 15 is 0 Å². The Kier molecular flexibility index (Phi) is 6.64. The van der Waals surface area contributed by atoms with Gasteiger partial charge in [0.25, 0.3) is 10.0 Å². The Labute approximate surface area is 171 Å². The van der Waals surface area contributed by atoms with Crippen LogP contribution in [0.3, 0.4) is 0 Å². The van der Waals surface area contributed by atoms with Crippen LogP contribution in [-0.2, 0) is 14.8 Å². The molecule has 0 radical (unpaired) electrons. The number of amides is 1. The molecule has 1 fully saturated rings. The van der Waals surface area contributed by atoms with E-state index in [2.05, 4.69) is 0 Å². The zero-order valence-corrected chi connectivity index (χ0v) is 17.5. The van der Waals surface area contributed by atoms with Crippen LogP contribution in [0.1, 0.15) is 19.3 Å². The van der Waals surface area contributed by atoms with Gasteiger partial charge in [-0.25, -0.2) is 8.42 Å². The lowest BCUT2D eigenvalue weighted by Gasteiger charge is -2.30. The predicted octanol–water partition coefficient (Wildman–Crippen LogP) is 2.91. The first kappa shape index (κ1) is 21.0. The van der Waals surface area contributed by atoms with E-state index in [1.807, 2.05) is 0 Å². The Morgan fingerprint density at radius 2 is 1.62 bits per heavy atom. The molecule has 0 atom stereocenters. The summed E-state index contributed by atoms with van der Waals surface area (Å²) in [5.74, 6) is 0.665. The SMILES string of the molecule is COc1ccc(N(CC(=O)N2CCCCC2)S(=O)(=O)c2ccccc2)cc1OC. The van der Waals surface area contributed by atoms with Gasteiger partial charge in [0.1, 0.15) is 6.54 Å². The Morgan fingerprint density at radius 1 is 0.966 bits per heavy atom. The summed E-state index contributed by atoms with van der Waals surface area (Å²) in [6.07, 6.45) is 2.96. The lowest BCUT2D eigenvalue weighted by molar-refractivity contribution is -0.130. The highest BCUT2D eigenvalue weighted by Gasteiger charge is 2.30. The van der Waals surface area contributed by atoms with Crippen molar-refractivity contribution in [1.29, 1.82) is 0 Å². The summed E-state index contributed by atoms with van der Waals surface area (Å²) in [4.78, 5) is 14.8. The third kappa shape index (κ3) is 4.64. The van der Waals surface area contributed by atoms with Crippen LogP contribution >= 0.6 is 0 Å². The highest BCUT2D eigenvalue weighted by molar-refractivity contribution is 7.92. The number of sulfonamides is 1. The van der Waals surface area contributed by atoms with Gasteiger partial charge in [0.15, 0.2) is 11.5 Å². The number of likely N-dealkylation sites (tertiary alicyclic amines) is 1. The van der Waals surface area contributed by atoms with Crippen molar-refractivity contribution in [3.8, 4) is 11.5 Å². The number of carbonyl (C=O) groups is 1. The first-order valence-electron chi connectivity index (χ1n) is 9.55. The summed E-state index contributed by atoms with van der Waals surface area (Å²) in [6.45, 7) is 1.04. The maximum atomic E-state index is 13.4. The van der Waals surface area contributed by atoms with Crippen molar-refractivity contribution in [2.75, 3.05) is 38.2 Å². The molecule has 8 heteroatoms. The van der Waals surface area contributed by atoms with Crippen LogP contribution in [0.4, 0.5) is 5.69 Å². The Bertz CT molecular complexity index is 941. The summed E-state index contributed by atoms with van der Waals surface area (Å²) in [5, 5.41) is 0. The predicted molar refractivity (Wildman–Crippen MR) is 111 cm³/mol. The molecule has 0 aliphatic carbocycles. The molecule has 1 saturated heterocycles. The molecule has 3 rings (SSSR count). The molecule has 1 heterocycles. The minimum atomic E-state index is -3.94. The van der Waals surface area contributed by atoms with Gasteiger partial charge < -0.3 is 14.4 Å². The second-order valence-corrected chi connectivity index (χ2v) is 8.67. The molecule has 7 nitrogen and oxygen atoms in total. The standard InChI is InChI=1S/C21H26N2O5S/c1-27-19-12-11-17(15-20(19)28-2)23(16-21(24)22-13-7-4-8-14-22)29(25,26)18-9-5-3-6-10-18/h3,5-6,9-12,15H,4,7-8,13-14,16H2,1-2H3. The monoisotopic (exact) mass is 418 g/mol. The zero-order chi connectivity index (χ0) is 20.9. The molecule has 0 unspecified atom stereocenters. The van der Waals surface area contributed by atoms with Crippen LogP contribution in [0.2, 0.25) is 0 Å². The molecular formula is C21H26N2O5S. The number of hydrogen-bond donors (Lipinski definition) is 0. The van der Waals surface area contributed by atoms with Gasteiger partial charge in [-0.3, -0.25) is 9.10 Å². The summed E-state index contributed by atoms with van der Waals surface area (Å²) >= 11 is 0. The fourth-order valence-electron chi connectivity index (χ4n) is 3.38. The zero-order valence-electron chi connectivity index (χ0n) is 16.7. The molecule has 2 aromatic carbocycles. The summed E-state index contributed by atoms with van der Waals surface area (Å²) < 4.78 is 38.5. The molecule has 1 aliphatic rings. The first-order valence-corrected chi connectivity index (χ1v) is 11.0. The van der Waals surface area contributed by atoms with Gasteiger partial charge in [-0.05, 0) is 43.5 Å². The third-order valence-electron chi connectivity index (χ3n) is 4.97. The van der Waals surface area contributed by atoms with Crippen molar-refractivity contribution in [2.45, 2.75) is 24.2 Å². The highest BCUT2D eigenvalue weighted by atomic mass is 32.2. The lowest BCUT2D eigenvalue weighted by atomic mass is 10.1. The minimum Gasteiger partial charge on any atom is -0.493 e. The van der Waals surface area contributed by atoms with Gasteiger partial charge in [0, 0.05) is 19.2 Å². The van der Waals surface area contributed by atoms with Gasteiger partial charge in [0.2, 0.25) is 5.91 Å². The molecule has 1 amide bonds. The van der Waals surface area contributed by atoms with Crippen molar-refractivity contribution in [1.82, 2.24) is 4.90 Å². The number of anilines is 1. The van der Waals surface area contributed by atoms with E-state index in [-0.39, 0.29) is 17.3 Å². The number of nitrogens with zero attached hydrogens (tertiary/aromatic N) is 2.